The highest BCUT2D eigenvalue weighted by Gasteiger charge is 2.29. The molecule has 0 atom stereocenters. The van der Waals surface area contributed by atoms with E-state index in [-0.39, 0.29) is 11.4 Å². The van der Waals surface area contributed by atoms with E-state index in [2.05, 4.69) is 9.97 Å². The minimum Gasteiger partial charge on any atom is -0.389 e. The van der Waals surface area contributed by atoms with Crippen molar-refractivity contribution < 1.29 is 5.11 Å². The fourth-order valence-corrected chi connectivity index (χ4v) is 3.12. The Morgan fingerprint density at radius 3 is 2.82 bits per heavy atom. The lowest BCUT2D eigenvalue weighted by molar-refractivity contribution is 0.0272. The van der Waals surface area contributed by atoms with Crippen LogP contribution in [0.1, 0.15) is 32.1 Å². The maximum atomic E-state index is 11.2. The predicted molar refractivity (Wildman–Crippen MR) is 68.0 cm³/mol. The lowest BCUT2D eigenvalue weighted by Crippen LogP contribution is -2.34. The Kier molecular flexibility index (Phi) is 3.73. The highest BCUT2D eigenvalue weighted by molar-refractivity contribution is 7.99. The zero-order chi connectivity index (χ0) is 12.3. The third kappa shape index (κ3) is 3.47. The van der Waals surface area contributed by atoms with Gasteiger partial charge in [-0.2, -0.15) is 0 Å². The molecule has 17 heavy (non-hydrogen) atoms. The summed E-state index contributed by atoms with van der Waals surface area (Å²) in [5, 5.41) is 10.8. The number of thioether (sulfide) groups is 1. The van der Waals surface area contributed by atoms with Crippen molar-refractivity contribution in [3.8, 4) is 0 Å². The minimum absolute atomic E-state index is 0.215. The van der Waals surface area contributed by atoms with Crippen LogP contribution in [0.2, 0.25) is 0 Å². The number of nitrogens with two attached hydrogens (primary N) is 1. The van der Waals surface area contributed by atoms with Gasteiger partial charge in [-0.1, -0.05) is 31.0 Å². The van der Waals surface area contributed by atoms with Gasteiger partial charge in [-0.05, 0) is 12.8 Å². The van der Waals surface area contributed by atoms with Crippen LogP contribution in [0.4, 0.5) is 5.82 Å². The number of nitrogens with one attached hydrogen (secondary N) is 1. The summed E-state index contributed by atoms with van der Waals surface area (Å²) in [7, 11) is 0. The molecule has 0 radical (unpaired) electrons. The number of nitrogens with zero attached hydrogens (tertiary/aromatic N) is 1. The number of hydrogen-bond acceptors (Lipinski definition) is 5. The quantitative estimate of drug-likeness (QED) is 0.556. The van der Waals surface area contributed by atoms with Gasteiger partial charge >= 0.3 is 0 Å². The van der Waals surface area contributed by atoms with Crippen LogP contribution < -0.4 is 11.3 Å². The second kappa shape index (κ2) is 5.10. The number of aromatic amines is 1. The van der Waals surface area contributed by atoms with Gasteiger partial charge in [-0.15, -0.1) is 0 Å². The molecule has 1 aliphatic rings. The molecule has 0 aliphatic heterocycles. The summed E-state index contributed by atoms with van der Waals surface area (Å²) in [6, 6.07) is 1.25. The maximum Gasteiger partial charge on any atom is 0.253 e. The lowest BCUT2D eigenvalue weighted by Gasteiger charge is -2.31. The van der Waals surface area contributed by atoms with Crippen molar-refractivity contribution in [3.63, 3.8) is 0 Å². The Hall–Kier alpha value is -1.01. The SMILES string of the molecule is Nc1cc(=O)[nH]c(SCC2(O)CCCCC2)n1. The first kappa shape index (κ1) is 12.4. The Labute approximate surface area is 104 Å². The summed E-state index contributed by atoms with van der Waals surface area (Å²) in [5.41, 5.74) is 4.62. The van der Waals surface area contributed by atoms with Crippen LogP contribution in [0.15, 0.2) is 16.0 Å². The van der Waals surface area contributed by atoms with E-state index in [4.69, 9.17) is 5.73 Å². The average molecular weight is 255 g/mol. The largest absolute Gasteiger partial charge is 0.389 e. The monoisotopic (exact) mass is 255 g/mol. The van der Waals surface area contributed by atoms with Crippen molar-refractivity contribution in [2.75, 3.05) is 11.5 Å². The average Bonchev–Trinajstić information content (AvgIpc) is 2.26. The first-order valence-electron chi connectivity index (χ1n) is 5.79. The van der Waals surface area contributed by atoms with E-state index >= 15 is 0 Å². The number of nitrogen functional groups attached to an aromatic ring is 1. The van der Waals surface area contributed by atoms with E-state index in [9.17, 15) is 9.90 Å². The van der Waals surface area contributed by atoms with Gasteiger partial charge in [0.1, 0.15) is 5.82 Å². The highest BCUT2D eigenvalue weighted by Crippen LogP contribution is 2.32. The second-order valence-corrected chi connectivity index (χ2v) is 5.51. The van der Waals surface area contributed by atoms with E-state index in [1.165, 1.54) is 24.2 Å². The van der Waals surface area contributed by atoms with E-state index in [0.717, 1.165) is 25.7 Å². The molecule has 5 nitrogen and oxygen atoms in total. The van der Waals surface area contributed by atoms with E-state index in [0.29, 0.717) is 10.9 Å². The van der Waals surface area contributed by atoms with E-state index in [1.54, 1.807) is 0 Å². The molecule has 0 unspecified atom stereocenters. The molecule has 1 aromatic heterocycles. The minimum atomic E-state index is -0.619. The van der Waals surface area contributed by atoms with Crippen LogP contribution >= 0.6 is 11.8 Å². The van der Waals surface area contributed by atoms with Gasteiger partial charge in [0.15, 0.2) is 5.16 Å². The van der Waals surface area contributed by atoms with Crippen molar-refractivity contribution in [2.24, 2.45) is 0 Å². The number of H-pyrrole nitrogens is 1. The number of anilines is 1. The zero-order valence-corrected chi connectivity index (χ0v) is 10.4. The Bertz CT molecular complexity index is 441. The molecule has 0 spiro atoms. The number of aromatic nitrogens is 2. The fraction of sp³-hybridized carbons (Fsp3) is 0.636. The van der Waals surface area contributed by atoms with Gasteiger partial charge in [0.25, 0.3) is 5.56 Å². The predicted octanol–water partition coefficient (Wildman–Crippen LogP) is 1.14. The van der Waals surface area contributed by atoms with E-state index < -0.39 is 5.60 Å². The molecule has 1 aliphatic carbocycles. The van der Waals surface area contributed by atoms with Crippen LogP contribution in [0.3, 0.4) is 0 Å². The van der Waals surface area contributed by atoms with Gasteiger partial charge in [0, 0.05) is 11.8 Å². The second-order valence-electron chi connectivity index (χ2n) is 4.55. The van der Waals surface area contributed by atoms with Gasteiger partial charge in [0.05, 0.1) is 5.60 Å². The summed E-state index contributed by atoms with van der Waals surface area (Å²) in [6.45, 7) is 0. The molecule has 1 saturated carbocycles. The normalized spacial score (nSPS) is 19.1. The number of aliphatic hydroxyl groups is 1. The first-order chi connectivity index (χ1) is 8.07. The third-order valence-corrected chi connectivity index (χ3v) is 4.15. The van der Waals surface area contributed by atoms with Crippen LogP contribution in [-0.4, -0.2) is 26.4 Å². The summed E-state index contributed by atoms with van der Waals surface area (Å²) in [6.07, 6.45) is 4.98. The van der Waals surface area contributed by atoms with Gasteiger partial charge in [-0.25, -0.2) is 4.98 Å². The molecule has 94 valence electrons. The first-order valence-corrected chi connectivity index (χ1v) is 6.78. The Morgan fingerprint density at radius 1 is 1.47 bits per heavy atom. The van der Waals surface area contributed by atoms with Crippen molar-refractivity contribution in [1.82, 2.24) is 9.97 Å². The smallest absolute Gasteiger partial charge is 0.253 e. The lowest BCUT2D eigenvalue weighted by atomic mass is 9.86. The third-order valence-electron chi connectivity index (χ3n) is 3.00. The molecule has 1 heterocycles. The Balaban J connectivity index is 1.99. The molecule has 1 fully saturated rings. The standard InChI is InChI=1S/C11H17N3O2S/c12-8-6-9(15)14-10(13-8)17-7-11(16)4-2-1-3-5-11/h6,16H,1-5,7H2,(H3,12,13,14,15). The summed E-state index contributed by atoms with van der Waals surface area (Å²) in [4.78, 5) is 17.8. The molecule has 1 aromatic rings. The van der Waals surface area contributed by atoms with Crippen LogP contribution in [0.25, 0.3) is 0 Å². The molecule has 2 rings (SSSR count). The summed E-state index contributed by atoms with van der Waals surface area (Å²) in [5.74, 6) is 0.770. The molecule has 6 heteroatoms. The molecule has 0 bridgehead atoms. The van der Waals surface area contributed by atoms with E-state index in [1.807, 2.05) is 0 Å². The zero-order valence-electron chi connectivity index (χ0n) is 9.61. The molecular formula is C11H17N3O2S. The fourth-order valence-electron chi connectivity index (χ4n) is 2.08. The van der Waals surface area contributed by atoms with Crippen LogP contribution in [-0.2, 0) is 0 Å². The molecule has 4 N–H and O–H groups in total. The van der Waals surface area contributed by atoms with Crippen molar-refractivity contribution >= 4 is 17.6 Å². The maximum absolute atomic E-state index is 11.2. The summed E-state index contributed by atoms with van der Waals surface area (Å²) < 4.78 is 0. The van der Waals surface area contributed by atoms with Crippen LogP contribution in [0, 0.1) is 0 Å². The molecule has 0 saturated heterocycles. The van der Waals surface area contributed by atoms with Crippen molar-refractivity contribution in [2.45, 2.75) is 42.9 Å². The van der Waals surface area contributed by atoms with Crippen molar-refractivity contribution in [3.05, 3.63) is 16.4 Å². The topological polar surface area (TPSA) is 92.0 Å². The number of rotatable bonds is 3. The summed E-state index contributed by atoms with van der Waals surface area (Å²) >= 11 is 1.36. The van der Waals surface area contributed by atoms with Gasteiger partial charge in [0.2, 0.25) is 0 Å². The number of hydrogen-bond donors (Lipinski definition) is 3. The van der Waals surface area contributed by atoms with Crippen molar-refractivity contribution in [1.29, 1.82) is 0 Å². The van der Waals surface area contributed by atoms with Gasteiger partial charge in [-0.3, -0.25) is 4.79 Å². The Morgan fingerprint density at radius 2 is 2.18 bits per heavy atom. The van der Waals surface area contributed by atoms with Crippen LogP contribution in [0.5, 0.6) is 0 Å². The molecular weight excluding hydrogens is 238 g/mol. The molecule has 0 aromatic carbocycles. The highest BCUT2D eigenvalue weighted by atomic mass is 32.2. The molecule has 0 amide bonds. The van der Waals surface area contributed by atoms with Gasteiger partial charge < -0.3 is 15.8 Å².